The maximum atomic E-state index is 14.0. The zero-order chi connectivity index (χ0) is 24.0. The smallest absolute Gasteiger partial charge is 0.271 e. The maximum Gasteiger partial charge on any atom is 0.271 e. The van der Waals surface area contributed by atoms with E-state index in [4.69, 9.17) is 9.15 Å². The van der Waals surface area contributed by atoms with E-state index in [-0.39, 0.29) is 24.4 Å². The summed E-state index contributed by atoms with van der Waals surface area (Å²) in [6, 6.07) is 11.4. The van der Waals surface area contributed by atoms with E-state index in [2.05, 4.69) is 19.2 Å². The number of hydrogen-bond donors (Lipinski definition) is 1. The first kappa shape index (κ1) is 22.6. The van der Waals surface area contributed by atoms with Gasteiger partial charge in [-0.3, -0.25) is 9.59 Å². The summed E-state index contributed by atoms with van der Waals surface area (Å²) in [7, 11) is 1.62. The van der Waals surface area contributed by atoms with Gasteiger partial charge in [0.05, 0.1) is 32.0 Å². The first-order chi connectivity index (χ1) is 16.3. The third-order valence-electron chi connectivity index (χ3n) is 8.08. The van der Waals surface area contributed by atoms with Gasteiger partial charge in [-0.05, 0) is 31.2 Å². The van der Waals surface area contributed by atoms with Gasteiger partial charge in [-0.1, -0.05) is 44.9 Å². The van der Waals surface area contributed by atoms with Crippen molar-refractivity contribution in [3.63, 3.8) is 0 Å². The number of aromatic nitrogens is 1. The van der Waals surface area contributed by atoms with Gasteiger partial charge in [-0.15, -0.1) is 0 Å². The molecule has 0 saturated heterocycles. The number of nitrogens with zero attached hydrogens (tertiary/aromatic N) is 2. The molecule has 1 fully saturated rings. The average Bonchev–Trinajstić information content (AvgIpc) is 3.42. The first-order valence-corrected chi connectivity index (χ1v) is 12.1. The van der Waals surface area contributed by atoms with Crippen LogP contribution >= 0.6 is 0 Å². The zero-order valence-electron chi connectivity index (χ0n) is 20.3. The lowest BCUT2D eigenvalue weighted by Crippen LogP contribution is -2.65. The van der Waals surface area contributed by atoms with Crippen LogP contribution in [0.2, 0.25) is 0 Å². The molecule has 4 atom stereocenters. The van der Waals surface area contributed by atoms with Crippen molar-refractivity contribution < 1.29 is 18.7 Å². The Hall–Kier alpha value is -3.22. The summed E-state index contributed by atoms with van der Waals surface area (Å²) in [5.41, 5.74) is 1.81. The minimum absolute atomic E-state index is 0.108. The lowest BCUT2D eigenvalue weighted by Gasteiger charge is -2.45. The summed E-state index contributed by atoms with van der Waals surface area (Å²) < 4.78 is 13.0. The highest BCUT2D eigenvalue weighted by Gasteiger charge is 2.49. The largest absolute Gasteiger partial charge is 0.496 e. The maximum absolute atomic E-state index is 14.0. The molecule has 0 spiro atoms. The Labute approximate surface area is 200 Å². The zero-order valence-corrected chi connectivity index (χ0v) is 20.3. The number of nitrogens with one attached hydrogen (secondary N) is 1. The van der Waals surface area contributed by atoms with Gasteiger partial charge in [0.15, 0.2) is 5.58 Å². The van der Waals surface area contributed by atoms with Gasteiger partial charge < -0.3 is 23.9 Å². The van der Waals surface area contributed by atoms with E-state index in [0.717, 1.165) is 23.9 Å². The summed E-state index contributed by atoms with van der Waals surface area (Å²) >= 11 is 0. The standard InChI is InChI=1S/C27H33N3O4/c1-17-8-7-10-20(18(17)2)28-26(32)27(3)16-29-21-12-13-34-24(21)14-22(29)25(31)30(27)15-19-9-5-6-11-23(19)33-4/h5-6,9,11-14,17-18,20H,7-8,10,15-16H2,1-4H3,(H,28,32)/t17-,18+,20-,27-/m1/s1. The van der Waals surface area contributed by atoms with E-state index < -0.39 is 5.54 Å². The number of fused-ring (bicyclic) bond motifs is 3. The number of rotatable bonds is 5. The molecule has 2 aromatic heterocycles. The molecule has 1 saturated carbocycles. The number of carbonyl (C=O) groups is 2. The Morgan fingerprint density at radius 2 is 2.03 bits per heavy atom. The van der Waals surface area contributed by atoms with Gasteiger partial charge in [0.1, 0.15) is 17.0 Å². The molecular formula is C27H33N3O4. The van der Waals surface area contributed by atoms with Crippen molar-refractivity contribution in [1.82, 2.24) is 14.8 Å². The third kappa shape index (κ3) is 3.58. The number of carbonyl (C=O) groups excluding carboxylic acids is 2. The number of methoxy groups -OCH3 is 1. The average molecular weight is 464 g/mol. The van der Waals surface area contributed by atoms with Crippen molar-refractivity contribution in [3.05, 3.63) is 53.9 Å². The molecule has 0 radical (unpaired) electrons. The summed E-state index contributed by atoms with van der Waals surface area (Å²) in [5, 5.41) is 3.34. The van der Waals surface area contributed by atoms with Crippen molar-refractivity contribution in [2.24, 2.45) is 11.8 Å². The highest BCUT2D eigenvalue weighted by atomic mass is 16.5. The number of furan rings is 1. The number of amides is 2. The molecule has 5 rings (SSSR count). The predicted molar refractivity (Wildman–Crippen MR) is 130 cm³/mol. The molecule has 1 aromatic carbocycles. The molecule has 34 heavy (non-hydrogen) atoms. The fourth-order valence-electron chi connectivity index (χ4n) is 5.63. The van der Waals surface area contributed by atoms with Crippen LogP contribution < -0.4 is 10.1 Å². The molecular weight excluding hydrogens is 430 g/mol. The molecule has 7 nitrogen and oxygen atoms in total. The van der Waals surface area contributed by atoms with Crippen LogP contribution in [0.1, 0.15) is 56.1 Å². The molecule has 0 unspecified atom stereocenters. The lowest BCUT2D eigenvalue weighted by atomic mass is 9.77. The van der Waals surface area contributed by atoms with Crippen LogP contribution in [0.4, 0.5) is 0 Å². The molecule has 1 aliphatic carbocycles. The fraction of sp³-hybridized carbons (Fsp3) is 0.481. The second-order valence-electron chi connectivity index (χ2n) is 10.1. The van der Waals surface area contributed by atoms with Gasteiger partial charge in [0, 0.05) is 23.7 Å². The number of hydrogen-bond acceptors (Lipinski definition) is 4. The Morgan fingerprint density at radius 1 is 1.24 bits per heavy atom. The Bertz CT molecular complexity index is 1230. The van der Waals surface area contributed by atoms with E-state index in [1.807, 2.05) is 41.8 Å². The Kier molecular flexibility index (Phi) is 5.66. The predicted octanol–water partition coefficient (Wildman–Crippen LogP) is 4.60. The molecule has 7 heteroatoms. The molecule has 0 bridgehead atoms. The summed E-state index contributed by atoms with van der Waals surface area (Å²) in [4.78, 5) is 29.5. The monoisotopic (exact) mass is 463 g/mol. The molecule has 2 amide bonds. The van der Waals surface area contributed by atoms with Crippen molar-refractivity contribution in [3.8, 4) is 5.75 Å². The second kappa shape index (κ2) is 8.53. The van der Waals surface area contributed by atoms with Gasteiger partial charge >= 0.3 is 0 Å². The second-order valence-corrected chi connectivity index (χ2v) is 10.1. The van der Waals surface area contributed by atoms with E-state index in [0.29, 0.717) is 35.4 Å². The van der Waals surface area contributed by atoms with Crippen LogP contribution in [0.25, 0.3) is 11.1 Å². The molecule has 3 aromatic rings. The first-order valence-electron chi connectivity index (χ1n) is 12.1. The summed E-state index contributed by atoms with van der Waals surface area (Å²) in [5.74, 6) is 1.35. The minimum Gasteiger partial charge on any atom is -0.496 e. The van der Waals surface area contributed by atoms with E-state index in [1.165, 1.54) is 6.42 Å². The highest BCUT2D eigenvalue weighted by molar-refractivity contribution is 6.03. The molecule has 1 aliphatic heterocycles. The Morgan fingerprint density at radius 3 is 2.82 bits per heavy atom. The fourth-order valence-corrected chi connectivity index (χ4v) is 5.63. The topological polar surface area (TPSA) is 76.7 Å². The van der Waals surface area contributed by atoms with Gasteiger partial charge in [0.2, 0.25) is 5.91 Å². The van der Waals surface area contributed by atoms with Crippen LogP contribution in [0, 0.1) is 11.8 Å². The molecule has 1 N–H and O–H groups in total. The van der Waals surface area contributed by atoms with E-state index in [1.54, 1.807) is 24.3 Å². The lowest BCUT2D eigenvalue weighted by molar-refractivity contribution is -0.134. The molecule has 2 aliphatic rings. The molecule has 3 heterocycles. The van der Waals surface area contributed by atoms with Gasteiger partial charge in [0.25, 0.3) is 5.91 Å². The number of benzene rings is 1. The highest BCUT2D eigenvalue weighted by Crippen LogP contribution is 2.36. The summed E-state index contributed by atoms with van der Waals surface area (Å²) in [6.45, 7) is 6.98. The van der Waals surface area contributed by atoms with Crippen LogP contribution in [0.5, 0.6) is 5.75 Å². The minimum atomic E-state index is -1.07. The normalized spacial score (nSPS) is 27.0. The molecule has 180 valence electrons. The number of para-hydroxylation sites is 1. The van der Waals surface area contributed by atoms with Gasteiger partial charge in [-0.2, -0.15) is 0 Å². The van der Waals surface area contributed by atoms with Gasteiger partial charge in [-0.25, -0.2) is 0 Å². The quantitative estimate of drug-likeness (QED) is 0.600. The van der Waals surface area contributed by atoms with Crippen molar-refractivity contribution in [2.45, 2.75) is 64.7 Å². The van der Waals surface area contributed by atoms with E-state index in [9.17, 15) is 9.59 Å². The Balaban J connectivity index is 1.54. The summed E-state index contributed by atoms with van der Waals surface area (Å²) in [6.07, 6.45) is 4.88. The van der Waals surface area contributed by atoms with E-state index >= 15 is 0 Å². The van der Waals surface area contributed by atoms with Crippen LogP contribution in [-0.4, -0.2) is 40.0 Å². The van der Waals surface area contributed by atoms with Crippen molar-refractivity contribution in [2.75, 3.05) is 7.11 Å². The van der Waals surface area contributed by atoms with Crippen molar-refractivity contribution in [1.29, 1.82) is 0 Å². The van der Waals surface area contributed by atoms with Crippen LogP contribution in [-0.2, 0) is 17.9 Å². The number of ether oxygens (including phenoxy) is 1. The van der Waals surface area contributed by atoms with Crippen LogP contribution in [0.3, 0.4) is 0 Å². The van der Waals surface area contributed by atoms with Crippen molar-refractivity contribution >= 4 is 22.9 Å². The SMILES string of the molecule is COc1ccccc1CN1C(=O)c2cc3occc3n2C[C@]1(C)C(=O)N[C@@H]1CCC[C@@H](C)[C@@H]1C. The van der Waals surface area contributed by atoms with Crippen LogP contribution in [0.15, 0.2) is 47.1 Å². The third-order valence-corrected chi connectivity index (χ3v) is 8.08.